The molecule has 0 radical (unpaired) electrons. The Balaban J connectivity index is 1.56. The van der Waals surface area contributed by atoms with Gasteiger partial charge in [-0.05, 0) is 36.3 Å². The molecule has 3 heterocycles. The van der Waals surface area contributed by atoms with Crippen LogP contribution < -0.4 is 4.72 Å². The highest BCUT2D eigenvalue weighted by molar-refractivity contribution is 7.88. The highest BCUT2D eigenvalue weighted by Gasteiger charge is 2.25. The summed E-state index contributed by atoms with van der Waals surface area (Å²) < 4.78 is 24.8. The molecular formula is C15H20N4O3S2. The quantitative estimate of drug-likeness (QED) is 0.837. The van der Waals surface area contributed by atoms with Gasteiger partial charge >= 0.3 is 0 Å². The third-order valence-corrected chi connectivity index (χ3v) is 5.71. The van der Waals surface area contributed by atoms with E-state index in [0.29, 0.717) is 25.3 Å². The van der Waals surface area contributed by atoms with E-state index in [-0.39, 0.29) is 11.8 Å². The molecule has 0 saturated carbocycles. The van der Waals surface area contributed by atoms with E-state index < -0.39 is 10.0 Å². The van der Waals surface area contributed by atoms with Gasteiger partial charge in [-0.1, -0.05) is 6.07 Å². The zero-order chi connectivity index (χ0) is 17.2. The first-order valence-corrected chi connectivity index (χ1v) is 10.5. The lowest BCUT2D eigenvalue weighted by molar-refractivity contribution is 0.0686. The largest absolute Gasteiger partial charge is 0.337 e. The van der Waals surface area contributed by atoms with Crippen molar-refractivity contribution in [1.82, 2.24) is 19.8 Å². The normalized spacial score (nSPS) is 16.5. The minimum atomic E-state index is -3.16. The number of carbonyl (C=O) groups is 1. The SMILES string of the molecule is CS(=O)(=O)NCC1CCN(C(=O)c2cc(-c3cccs3)[nH]n2)CC1. The molecule has 1 aliphatic rings. The van der Waals surface area contributed by atoms with Crippen molar-refractivity contribution in [2.45, 2.75) is 12.8 Å². The lowest BCUT2D eigenvalue weighted by atomic mass is 9.97. The predicted octanol–water partition coefficient (Wildman–Crippen LogP) is 1.54. The van der Waals surface area contributed by atoms with Gasteiger partial charge in [0.2, 0.25) is 10.0 Å². The van der Waals surface area contributed by atoms with Gasteiger partial charge in [0.1, 0.15) is 0 Å². The van der Waals surface area contributed by atoms with Crippen molar-refractivity contribution in [3.05, 3.63) is 29.3 Å². The van der Waals surface area contributed by atoms with E-state index in [4.69, 9.17) is 0 Å². The summed E-state index contributed by atoms with van der Waals surface area (Å²) in [7, 11) is -3.16. The number of amides is 1. The first kappa shape index (κ1) is 17.1. The Morgan fingerprint density at radius 1 is 1.46 bits per heavy atom. The van der Waals surface area contributed by atoms with E-state index in [9.17, 15) is 13.2 Å². The number of piperidine rings is 1. The fourth-order valence-electron chi connectivity index (χ4n) is 2.76. The Morgan fingerprint density at radius 3 is 2.83 bits per heavy atom. The smallest absolute Gasteiger partial charge is 0.274 e. The van der Waals surface area contributed by atoms with Crippen LogP contribution in [0, 0.1) is 5.92 Å². The van der Waals surface area contributed by atoms with E-state index in [1.807, 2.05) is 17.5 Å². The second-order valence-corrected chi connectivity index (χ2v) is 8.78. The summed E-state index contributed by atoms with van der Waals surface area (Å²) >= 11 is 1.59. The first-order valence-electron chi connectivity index (χ1n) is 7.75. The number of nitrogens with zero attached hydrogens (tertiary/aromatic N) is 2. The van der Waals surface area contributed by atoms with Crippen LogP contribution in [0.3, 0.4) is 0 Å². The zero-order valence-electron chi connectivity index (χ0n) is 13.4. The number of hydrogen-bond acceptors (Lipinski definition) is 5. The summed E-state index contributed by atoms with van der Waals surface area (Å²) in [6.07, 6.45) is 2.74. The maximum Gasteiger partial charge on any atom is 0.274 e. The number of aromatic nitrogens is 2. The Labute approximate surface area is 145 Å². The Morgan fingerprint density at radius 2 is 2.21 bits per heavy atom. The molecule has 1 aliphatic heterocycles. The standard InChI is InChI=1S/C15H20N4O3S2/c1-24(21,22)16-10-11-4-6-19(7-5-11)15(20)13-9-12(17-18-13)14-3-2-8-23-14/h2-3,8-9,11,16H,4-7,10H2,1H3,(H,17,18). The second-order valence-electron chi connectivity index (χ2n) is 6.00. The summed E-state index contributed by atoms with van der Waals surface area (Å²) in [6.45, 7) is 1.68. The monoisotopic (exact) mass is 368 g/mol. The van der Waals surface area contributed by atoms with Crippen LogP contribution in [0.25, 0.3) is 10.6 Å². The molecule has 2 aromatic heterocycles. The van der Waals surface area contributed by atoms with Gasteiger partial charge in [-0.15, -0.1) is 11.3 Å². The van der Waals surface area contributed by atoms with Crippen LogP contribution in [0.4, 0.5) is 0 Å². The first-order chi connectivity index (χ1) is 11.4. The number of aromatic amines is 1. The number of carbonyl (C=O) groups excluding carboxylic acids is 1. The molecule has 1 saturated heterocycles. The fraction of sp³-hybridized carbons (Fsp3) is 0.467. The van der Waals surface area contributed by atoms with Gasteiger partial charge in [-0.2, -0.15) is 5.10 Å². The van der Waals surface area contributed by atoms with Gasteiger partial charge in [0.05, 0.1) is 16.8 Å². The van der Waals surface area contributed by atoms with Gasteiger partial charge in [-0.3, -0.25) is 9.89 Å². The van der Waals surface area contributed by atoms with Gasteiger partial charge in [0, 0.05) is 19.6 Å². The topological polar surface area (TPSA) is 95.2 Å². The van der Waals surface area contributed by atoms with Crippen LogP contribution >= 0.6 is 11.3 Å². The van der Waals surface area contributed by atoms with E-state index in [2.05, 4.69) is 14.9 Å². The maximum absolute atomic E-state index is 12.5. The summed E-state index contributed by atoms with van der Waals surface area (Å²) in [5.41, 5.74) is 1.27. The van der Waals surface area contributed by atoms with Crippen LogP contribution in [0.15, 0.2) is 23.6 Å². The highest BCUT2D eigenvalue weighted by atomic mass is 32.2. The lowest BCUT2D eigenvalue weighted by Gasteiger charge is -2.31. The van der Waals surface area contributed by atoms with Gasteiger partial charge in [-0.25, -0.2) is 13.1 Å². The molecule has 0 spiro atoms. The molecule has 3 rings (SSSR count). The van der Waals surface area contributed by atoms with Crippen molar-refractivity contribution in [3.8, 4) is 10.6 Å². The van der Waals surface area contributed by atoms with Crippen LogP contribution in [0.1, 0.15) is 23.3 Å². The van der Waals surface area contributed by atoms with Crippen LogP contribution in [-0.4, -0.2) is 55.3 Å². The highest BCUT2D eigenvalue weighted by Crippen LogP contribution is 2.24. The number of H-pyrrole nitrogens is 1. The average molecular weight is 368 g/mol. The molecule has 1 fully saturated rings. The van der Waals surface area contributed by atoms with Crippen LogP contribution in [-0.2, 0) is 10.0 Å². The molecule has 130 valence electrons. The lowest BCUT2D eigenvalue weighted by Crippen LogP contribution is -2.41. The second kappa shape index (κ2) is 7.04. The molecular weight excluding hydrogens is 348 g/mol. The van der Waals surface area contributed by atoms with Crippen molar-refractivity contribution in [3.63, 3.8) is 0 Å². The average Bonchev–Trinajstić information content (AvgIpc) is 3.23. The number of rotatable bonds is 5. The molecule has 2 aromatic rings. The molecule has 24 heavy (non-hydrogen) atoms. The minimum Gasteiger partial charge on any atom is -0.337 e. The third-order valence-electron chi connectivity index (χ3n) is 4.12. The van der Waals surface area contributed by atoms with Crippen LogP contribution in [0.5, 0.6) is 0 Å². The number of nitrogens with one attached hydrogen (secondary N) is 2. The number of thiophene rings is 1. The minimum absolute atomic E-state index is 0.0800. The van der Waals surface area contributed by atoms with Crippen molar-refractivity contribution >= 4 is 27.3 Å². The zero-order valence-corrected chi connectivity index (χ0v) is 15.0. The summed E-state index contributed by atoms with van der Waals surface area (Å²) in [5.74, 6) is 0.188. The Bertz CT molecular complexity index is 791. The molecule has 0 unspecified atom stereocenters. The van der Waals surface area contributed by atoms with Gasteiger partial charge in [0.15, 0.2) is 5.69 Å². The third kappa shape index (κ3) is 4.22. The number of likely N-dealkylation sites (tertiary alicyclic amines) is 1. The van der Waals surface area contributed by atoms with Gasteiger partial charge in [0.25, 0.3) is 5.91 Å². The molecule has 0 aliphatic carbocycles. The Hall–Kier alpha value is -1.71. The summed E-state index contributed by atoms with van der Waals surface area (Å²) in [5, 5.41) is 9.02. The van der Waals surface area contributed by atoms with E-state index in [1.165, 1.54) is 0 Å². The predicted molar refractivity (Wildman–Crippen MR) is 93.4 cm³/mol. The Kier molecular flexibility index (Phi) is 5.02. The van der Waals surface area contributed by atoms with Crippen molar-refractivity contribution in [1.29, 1.82) is 0 Å². The maximum atomic E-state index is 12.5. The fourth-order valence-corrected chi connectivity index (χ4v) is 3.99. The van der Waals surface area contributed by atoms with Gasteiger partial charge < -0.3 is 4.90 Å². The molecule has 0 bridgehead atoms. The van der Waals surface area contributed by atoms with E-state index in [0.717, 1.165) is 29.7 Å². The number of hydrogen-bond donors (Lipinski definition) is 2. The summed E-state index contributed by atoms with van der Waals surface area (Å²) in [4.78, 5) is 15.4. The van der Waals surface area contributed by atoms with E-state index in [1.54, 1.807) is 22.3 Å². The van der Waals surface area contributed by atoms with Crippen molar-refractivity contribution in [2.24, 2.45) is 5.92 Å². The molecule has 7 nitrogen and oxygen atoms in total. The molecule has 2 N–H and O–H groups in total. The van der Waals surface area contributed by atoms with Crippen molar-refractivity contribution < 1.29 is 13.2 Å². The molecule has 9 heteroatoms. The van der Waals surface area contributed by atoms with Crippen molar-refractivity contribution in [2.75, 3.05) is 25.9 Å². The molecule has 1 amide bonds. The van der Waals surface area contributed by atoms with Crippen LogP contribution in [0.2, 0.25) is 0 Å². The number of sulfonamides is 1. The van der Waals surface area contributed by atoms with E-state index >= 15 is 0 Å². The molecule has 0 aromatic carbocycles. The summed E-state index contributed by atoms with van der Waals surface area (Å²) in [6, 6.07) is 5.72. The molecule has 0 atom stereocenters.